The van der Waals surface area contributed by atoms with Crippen LogP contribution in [0, 0.1) is 17.8 Å². The van der Waals surface area contributed by atoms with Gasteiger partial charge in [-0.25, -0.2) is 4.79 Å². The molecular weight excluding hydrogens is 444 g/mol. The molecular formula is C29H46O6. The molecule has 2 saturated carbocycles. The second-order valence-electron chi connectivity index (χ2n) is 10.8. The molecule has 0 aromatic rings. The van der Waals surface area contributed by atoms with E-state index in [0.717, 1.165) is 71.0 Å². The molecule has 4 fully saturated rings. The number of allylic oxidation sites excluding steroid dienone is 1. The molecule has 0 amide bonds. The topological polar surface area (TPSA) is 63.2 Å². The fourth-order valence-corrected chi connectivity index (χ4v) is 6.32. The number of carbonyl (C=O) groups excluding carboxylic acids is 1. The lowest BCUT2D eigenvalue weighted by Crippen LogP contribution is -2.31. The second-order valence-corrected chi connectivity index (χ2v) is 10.8. The van der Waals surface area contributed by atoms with Gasteiger partial charge >= 0.3 is 5.97 Å². The van der Waals surface area contributed by atoms with Gasteiger partial charge in [0.25, 0.3) is 0 Å². The third kappa shape index (κ3) is 7.88. The molecule has 0 spiro atoms. The number of hydrogen-bond acceptors (Lipinski definition) is 6. The molecule has 0 radical (unpaired) electrons. The van der Waals surface area contributed by atoms with Gasteiger partial charge in [0.1, 0.15) is 0 Å². The Bertz CT molecular complexity index is 706. The highest BCUT2D eigenvalue weighted by molar-refractivity contribution is 5.82. The molecule has 6 heteroatoms. The first-order valence-electron chi connectivity index (χ1n) is 14.2. The Hall–Kier alpha value is -1.21. The second kappa shape index (κ2) is 13.9. The number of carbonyl (C=O) groups is 1. The summed E-state index contributed by atoms with van der Waals surface area (Å²) in [7, 11) is 1.45. The SMILES string of the molecule is CCCCC[C@@H](/C=C/[C@@H]1[C@H]2C/C(=C/C(=O)OC)C[C@H]2C[C@H]1OC1CCCCO1)OC1CCCCO1. The van der Waals surface area contributed by atoms with Crippen molar-refractivity contribution in [1.29, 1.82) is 0 Å². The van der Waals surface area contributed by atoms with Crippen LogP contribution >= 0.6 is 0 Å². The monoisotopic (exact) mass is 490 g/mol. The minimum atomic E-state index is -0.243. The normalized spacial score (nSPS) is 35.4. The fourth-order valence-electron chi connectivity index (χ4n) is 6.32. The molecule has 4 aliphatic rings. The molecule has 2 saturated heterocycles. The van der Waals surface area contributed by atoms with E-state index in [1.807, 2.05) is 0 Å². The van der Waals surface area contributed by atoms with Crippen molar-refractivity contribution in [3.05, 3.63) is 23.8 Å². The molecule has 2 unspecified atom stereocenters. The van der Waals surface area contributed by atoms with Crippen molar-refractivity contribution >= 4 is 5.97 Å². The van der Waals surface area contributed by atoms with Gasteiger partial charge in [-0.3, -0.25) is 0 Å². The Balaban J connectivity index is 1.45. The maximum Gasteiger partial charge on any atom is 0.330 e. The molecule has 0 aromatic carbocycles. The van der Waals surface area contributed by atoms with Gasteiger partial charge in [-0.05, 0) is 76.0 Å². The molecule has 7 atom stereocenters. The quantitative estimate of drug-likeness (QED) is 0.151. The summed E-state index contributed by atoms with van der Waals surface area (Å²) >= 11 is 0. The molecule has 4 rings (SSSR count). The standard InChI is InChI=1S/C29H46O6/c1-3-4-5-10-23(34-28-11-6-8-15-32-28)13-14-24-25-18-21(19-27(30)31-2)17-22(25)20-26(24)35-29-12-7-9-16-33-29/h13-14,19,22-26,28-29H,3-12,15-18,20H2,1-2H3/b14-13+,21-19+/t22-,23-,24+,25-,26+,28?,29?/m0/s1. The van der Waals surface area contributed by atoms with Crippen LogP contribution in [0.25, 0.3) is 0 Å². The van der Waals surface area contributed by atoms with Gasteiger partial charge in [-0.2, -0.15) is 0 Å². The zero-order chi connectivity index (χ0) is 24.5. The first-order valence-corrected chi connectivity index (χ1v) is 14.2. The largest absolute Gasteiger partial charge is 0.466 e. The predicted octanol–water partition coefficient (Wildman–Crippen LogP) is 6.09. The Morgan fingerprint density at radius 2 is 1.83 bits per heavy atom. The average molecular weight is 491 g/mol. The molecule has 2 aliphatic carbocycles. The number of esters is 1. The van der Waals surface area contributed by atoms with E-state index in [9.17, 15) is 4.79 Å². The van der Waals surface area contributed by atoms with Crippen molar-refractivity contribution < 1.29 is 28.5 Å². The summed E-state index contributed by atoms with van der Waals surface area (Å²) in [5.74, 6) is 1.08. The van der Waals surface area contributed by atoms with Gasteiger partial charge in [-0.1, -0.05) is 43.9 Å². The summed E-state index contributed by atoms with van der Waals surface area (Å²) in [5.41, 5.74) is 1.21. The number of ether oxygens (including phenoxy) is 5. The highest BCUT2D eigenvalue weighted by Gasteiger charge is 2.47. The van der Waals surface area contributed by atoms with Crippen LogP contribution in [0.1, 0.15) is 90.4 Å². The van der Waals surface area contributed by atoms with Crippen molar-refractivity contribution in [2.24, 2.45) is 17.8 Å². The maximum atomic E-state index is 11.8. The molecule has 0 aromatic heterocycles. The van der Waals surface area contributed by atoms with Gasteiger partial charge in [0.15, 0.2) is 12.6 Å². The summed E-state index contributed by atoms with van der Waals surface area (Å²) in [6.07, 6.45) is 20.5. The summed E-state index contributed by atoms with van der Waals surface area (Å²) in [5, 5.41) is 0. The molecule has 198 valence electrons. The zero-order valence-electron chi connectivity index (χ0n) is 21.8. The van der Waals surface area contributed by atoms with E-state index < -0.39 is 0 Å². The molecule has 35 heavy (non-hydrogen) atoms. The third-order valence-electron chi connectivity index (χ3n) is 8.18. The van der Waals surface area contributed by atoms with Crippen molar-refractivity contribution in [1.82, 2.24) is 0 Å². The molecule has 2 heterocycles. The van der Waals surface area contributed by atoms with E-state index in [0.29, 0.717) is 17.8 Å². The van der Waals surface area contributed by atoms with Crippen molar-refractivity contribution in [3.63, 3.8) is 0 Å². The number of hydrogen-bond donors (Lipinski definition) is 0. The maximum absolute atomic E-state index is 11.8. The minimum absolute atomic E-state index is 0.0711. The van der Waals surface area contributed by atoms with Crippen LogP contribution < -0.4 is 0 Å². The Kier molecular flexibility index (Phi) is 10.7. The first kappa shape index (κ1) is 26.8. The van der Waals surface area contributed by atoms with Crippen molar-refractivity contribution in [3.8, 4) is 0 Å². The van der Waals surface area contributed by atoms with Gasteiger partial charge < -0.3 is 23.7 Å². The lowest BCUT2D eigenvalue weighted by Gasteiger charge is -2.30. The smallest absolute Gasteiger partial charge is 0.330 e. The predicted molar refractivity (Wildman–Crippen MR) is 135 cm³/mol. The first-order chi connectivity index (χ1) is 17.2. The van der Waals surface area contributed by atoms with Gasteiger partial charge in [0, 0.05) is 25.2 Å². The summed E-state index contributed by atoms with van der Waals surface area (Å²) < 4.78 is 29.7. The lowest BCUT2D eigenvalue weighted by molar-refractivity contribution is -0.193. The van der Waals surface area contributed by atoms with Crippen LogP contribution in [0.4, 0.5) is 0 Å². The fraction of sp³-hybridized carbons (Fsp3) is 0.828. The zero-order valence-corrected chi connectivity index (χ0v) is 21.8. The summed E-state index contributed by atoms with van der Waals surface area (Å²) in [4.78, 5) is 11.8. The third-order valence-corrected chi connectivity index (χ3v) is 8.18. The molecule has 0 N–H and O–H groups in total. The Morgan fingerprint density at radius 3 is 2.51 bits per heavy atom. The van der Waals surface area contributed by atoms with E-state index in [1.165, 1.54) is 38.4 Å². The Labute approximate surface area is 211 Å². The number of methoxy groups -OCH3 is 1. The number of unbranched alkanes of at least 4 members (excludes halogenated alkanes) is 2. The van der Waals surface area contributed by atoms with Gasteiger partial charge in [-0.15, -0.1) is 0 Å². The number of rotatable bonds is 11. The van der Waals surface area contributed by atoms with Crippen LogP contribution in [0.3, 0.4) is 0 Å². The van der Waals surface area contributed by atoms with E-state index >= 15 is 0 Å². The lowest BCUT2D eigenvalue weighted by atomic mass is 9.90. The van der Waals surface area contributed by atoms with Crippen molar-refractivity contribution in [2.45, 2.75) is 115 Å². The summed E-state index contributed by atoms with van der Waals surface area (Å²) in [6, 6.07) is 0. The van der Waals surface area contributed by atoms with Gasteiger partial charge in [0.05, 0.1) is 19.3 Å². The van der Waals surface area contributed by atoms with E-state index in [1.54, 1.807) is 6.08 Å². The average Bonchev–Trinajstić information content (AvgIpc) is 3.40. The van der Waals surface area contributed by atoms with Crippen LogP contribution in [0.2, 0.25) is 0 Å². The van der Waals surface area contributed by atoms with Crippen LogP contribution in [0.5, 0.6) is 0 Å². The van der Waals surface area contributed by atoms with Crippen LogP contribution in [0.15, 0.2) is 23.8 Å². The van der Waals surface area contributed by atoms with Crippen LogP contribution in [-0.4, -0.2) is 51.1 Å². The molecule has 0 bridgehead atoms. The minimum Gasteiger partial charge on any atom is -0.466 e. The van der Waals surface area contributed by atoms with Crippen molar-refractivity contribution in [2.75, 3.05) is 20.3 Å². The van der Waals surface area contributed by atoms with Gasteiger partial charge in [0.2, 0.25) is 0 Å². The molecule has 2 aliphatic heterocycles. The molecule has 6 nitrogen and oxygen atoms in total. The van der Waals surface area contributed by atoms with E-state index in [4.69, 9.17) is 23.7 Å². The Morgan fingerprint density at radius 1 is 1.06 bits per heavy atom. The van der Waals surface area contributed by atoms with Crippen LogP contribution in [-0.2, 0) is 28.5 Å². The van der Waals surface area contributed by atoms with E-state index in [2.05, 4.69) is 19.1 Å². The summed E-state index contributed by atoms with van der Waals surface area (Å²) in [6.45, 7) is 3.84. The number of fused-ring (bicyclic) bond motifs is 1. The highest BCUT2D eigenvalue weighted by atomic mass is 16.7. The van der Waals surface area contributed by atoms with E-state index in [-0.39, 0.29) is 30.8 Å². The highest BCUT2D eigenvalue weighted by Crippen LogP contribution is 2.52.